The summed E-state index contributed by atoms with van der Waals surface area (Å²) in [5.74, 6) is 2.69. The molecule has 1 aliphatic heterocycles. The van der Waals surface area contributed by atoms with Crippen molar-refractivity contribution in [2.75, 3.05) is 20.2 Å². The third-order valence-corrected chi connectivity index (χ3v) is 4.59. The first-order chi connectivity index (χ1) is 9.67. The summed E-state index contributed by atoms with van der Waals surface area (Å²) in [6.07, 6.45) is 1.22. The molecule has 1 aliphatic carbocycles. The van der Waals surface area contributed by atoms with E-state index in [1.807, 2.05) is 25.1 Å². The summed E-state index contributed by atoms with van der Waals surface area (Å²) in [5.41, 5.74) is 1.14. The lowest BCUT2D eigenvalue weighted by molar-refractivity contribution is -0.0240. The third kappa shape index (κ3) is 2.63. The summed E-state index contributed by atoms with van der Waals surface area (Å²) in [4.78, 5) is 0. The van der Waals surface area contributed by atoms with Crippen LogP contribution in [0.25, 0.3) is 0 Å². The molecule has 3 rings (SSSR count). The Labute approximate surface area is 120 Å². The Balaban J connectivity index is 1.73. The molecule has 4 atom stereocenters. The summed E-state index contributed by atoms with van der Waals surface area (Å²) in [5, 5.41) is 13.7. The van der Waals surface area contributed by atoms with Gasteiger partial charge in [-0.1, -0.05) is 6.07 Å². The molecule has 0 radical (unpaired) electrons. The fourth-order valence-electron chi connectivity index (χ4n) is 3.42. The topological polar surface area (TPSA) is 50.7 Å². The van der Waals surface area contributed by atoms with Gasteiger partial charge in [0.15, 0.2) is 11.5 Å². The first kappa shape index (κ1) is 13.7. The van der Waals surface area contributed by atoms with Crippen molar-refractivity contribution >= 4 is 0 Å². The van der Waals surface area contributed by atoms with Crippen molar-refractivity contribution in [3.8, 4) is 11.5 Å². The molecule has 20 heavy (non-hydrogen) atoms. The highest BCUT2D eigenvalue weighted by atomic mass is 16.5. The van der Waals surface area contributed by atoms with Crippen LogP contribution >= 0.6 is 0 Å². The van der Waals surface area contributed by atoms with Crippen LogP contribution in [-0.2, 0) is 0 Å². The van der Waals surface area contributed by atoms with Gasteiger partial charge in [-0.25, -0.2) is 0 Å². The Morgan fingerprint density at radius 2 is 1.90 bits per heavy atom. The van der Waals surface area contributed by atoms with E-state index in [2.05, 4.69) is 5.32 Å². The molecule has 1 saturated carbocycles. The zero-order chi connectivity index (χ0) is 14.1. The van der Waals surface area contributed by atoms with E-state index in [-0.39, 0.29) is 12.2 Å². The predicted octanol–water partition coefficient (Wildman–Crippen LogP) is 1.74. The molecule has 0 unspecified atom stereocenters. The highest BCUT2D eigenvalue weighted by molar-refractivity contribution is 5.42. The van der Waals surface area contributed by atoms with Gasteiger partial charge in [-0.15, -0.1) is 0 Å². The van der Waals surface area contributed by atoms with Crippen LogP contribution in [0, 0.1) is 18.8 Å². The minimum atomic E-state index is -0.387. The van der Waals surface area contributed by atoms with E-state index in [0.29, 0.717) is 11.8 Å². The van der Waals surface area contributed by atoms with E-state index in [1.54, 1.807) is 7.11 Å². The van der Waals surface area contributed by atoms with Crippen molar-refractivity contribution in [1.29, 1.82) is 0 Å². The number of rotatable bonds is 3. The van der Waals surface area contributed by atoms with Gasteiger partial charge in [-0.05, 0) is 62.4 Å². The average molecular weight is 277 g/mol. The Morgan fingerprint density at radius 1 is 1.15 bits per heavy atom. The lowest BCUT2D eigenvalue weighted by Crippen LogP contribution is -2.42. The number of hydrogen-bond acceptors (Lipinski definition) is 4. The Morgan fingerprint density at radius 3 is 2.65 bits per heavy atom. The molecule has 1 saturated heterocycles. The normalized spacial score (nSPS) is 32.8. The molecule has 4 heteroatoms. The second-order valence-corrected chi connectivity index (χ2v) is 6.03. The zero-order valence-corrected chi connectivity index (χ0v) is 12.1. The van der Waals surface area contributed by atoms with Crippen LogP contribution < -0.4 is 14.8 Å². The number of methoxy groups -OCH3 is 1. The van der Waals surface area contributed by atoms with Crippen molar-refractivity contribution in [3.63, 3.8) is 0 Å². The highest BCUT2D eigenvalue weighted by Crippen LogP contribution is 2.37. The molecule has 0 aromatic heterocycles. The van der Waals surface area contributed by atoms with Crippen LogP contribution in [0.5, 0.6) is 11.5 Å². The number of nitrogens with one attached hydrogen (secondary N) is 1. The summed E-state index contributed by atoms with van der Waals surface area (Å²) in [6, 6.07) is 5.90. The van der Waals surface area contributed by atoms with Crippen molar-refractivity contribution in [2.45, 2.75) is 32.0 Å². The molecule has 0 amide bonds. The second-order valence-electron chi connectivity index (χ2n) is 6.03. The van der Waals surface area contributed by atoms with Crippen LogP contribution in [0.3, 0.4) is 0 Å². The number of aryl methyl sites for hydroxylation is 1. The highest BCUT2D eigenvalue weighted by Gasteiger charge is 2.40. The van der Waals surface area contributed by atoms with Crippen molar-refractivity contribution < 1.29 is 14.6 Å². The number of aliphatic hydroxyl groups excluding tert-OH is 1. The number of fused-ring (bicyclic) bond motifs is 1. The third-order valence-electron chi connectivity index (χ3n) is 4.59. The van der Waals surface area contributed by atoms with E-state index in [4.69, 9.17) is 9.47 Å². The van der Waals surface area contributed by atoms with Gasteiger partial charge in [0.25, 0.3) is 0 Å². The maximum absolute atomic E-state index is 10.3. The van der Waals surface area contributed by atoms with Crippen molar-refractivity contribution in [1.82, 2.24) is 5.32 Å². The largest absolute Gasteiger partial charge is 0.493 e. The minimum Gasteiger partial charge on any atom is -0.493 e. The van der Waals surface area contributed by atoms with Gasteiger partial charge in [0.05, 0.1) is 13.2 Å². The number of hydrogen-bond donors (Lipinski definition) is 2. The number of ether oxygens (including phenoxy) is 2. The standard InChI is InChI=1S/C16H23NO3/c1-10-3-4-14(16(5-10)19-2)20-15-7-12-9-17-8-11(12)6-13(15)18/h3-5,11-13,15,17-18H,6-9H2,1-2H3/t11-,12+,13+,15+/m0/s1. The Bertz CT molecular complexity index is 477. The van der Waals surface area contributed by atoms with Crippen LogP contribution in [0.15, 0.2) is 18.2 Å². The van der Waals surface area contributed by atoms with Crippen LogP contribution in [0.2, 0.25) is 0 Å². The summed E-state index contributed by atoms with van der Waals surface area (Å²) >= 11 is 0. The number of benzene rings is 1. The molecule has 2 fully saturated rings. The SMILES string of the molecule is COc1cc(C)ccc1O[C@@H]1C[C@@H]2CNC[C@@H]2C[C@H]1O. The van der Waals surface area contributed by atoms with Gasteiger partial charge in [0, 0.05) is 0 Å². The zero-order valence-electron chi connectivity index (χ0n) is 12.1. The molecule has 1 aromatic carbocycles. The van der Waals surface area contributed by atoms with Gasteiger partial charge in [-0.3, -0.25) is 0 Å². The average Bonchev–Trinajstić information content (AvgIpc) is 2.88. The fourth-order valence-corrected chi connectivity index (χ4v) is 3.42. The predicted molar refractivity (Wildman–Crippen MR) is 77.2 cm³/mol. The van der Waals surface area contributed by atoms with Crippen molar-refractivity contribution in [2.24, 2.45) is 11.8 Å². The molecule has 1 aromatic rings. The molecule has 4 nitrogen and oxygen atoms in total. The van der Waals surface area contributed by atoms with Crippen LogP contribution in [0.1, 0.15) is 18.4 Å². The molecule has 0 bridgehead atoms. The minimum absolute atomic E-state index is 0.132. The summed E-state index contributed by atoms with van der Waals surface area (Å²) < 4.78 is 11.4. The molecular formula is C16H23NO3. The maximum Gasteiger partial charge on any atom is 0.161 e. The van der Waals surface area contributed by atoms with Gasteiger partial charge < -0.3 is 19.9 Å². The van der Waals surface area contributed by atoms with E-state index < -0.39 is 0 Å². The second kappa shape index (κ2) is 5.62. The van der Waals surface area contributed by atoms with Gasteiger partial charge in [0.2, 0.25) is 0 Å². The summed E-state index contributed by atoms with van der Waals surface area (Å²) in [7, 11) is 1.65. The maximum atomic E-state index is 10.3. The molecular weight excluding hydrogens is 254 g/mol. The molecule has 2 aliphatic rings. The first-order valence-electron chi connectivity index (χ1n) is 7.37. The fraction of sp³-hybridized carbons (Fsp3) is 0.625. The lowest BCUT2D eigenvalue weighted by Gasteiger charge is -2.35. The van der Waals surface area contributed by atoms with Crippen LogP contribution in [-0.4, -0.2) is 37.5 Å². The molecule has 1 heterocycles. The summed E-state index contributed by atoms with van der Waals surface area (Å²) in [6.45, 7) is 4.10. The quantitative estimate of drug-likeness (QED) is 0.883. The smallest absolute Gasteiger partial charge is 0.161 e. The van der Waals surface area contributed by atoms with Gasteiger partial charge in [0.1, 0.15) is 6.10 Å². The first-order valence-corrected chi connectivity index (χ1v) is 7.37. The van der Waals surface area contributed by atoms with Gasteiger partial charge >= 0.3 is 0 Å². The van der Waals surface area contributed by atoms with Gasteiger partial charge in [-0.2, -0.15) is 0 Å². The van der Waals surface area contributed by atoms with E-state index >= 15 is 0 Å². The lowest BCUT2D eigenvalue weighted by atomic mass is 9.78. The van der Waals surface area contributed by atoms with E-state index in [1.165, 1.54) is 0 Å². The molecule has 110 valence electrons. The van der Waals surface area contributed by atoms with Crippen molar-refractivity contribution in [3.05, 3.63) is 23.8 Å². The molecule has 0 spiro atoms. The van der Waals surface area contributed by atoms with Crippen LogP contribution in [0.4, 0.5) is 0 Å². The Kier molecular flexibility index (Phi) is 3.85. The van der Waals surface area contributed by atoms with E-state index in [9.17, 15) is 5.11 Å². The number of aliphatic hydroxyl groups is 1. The monoisotopic (exact) mass is 277 g/mol. The van der Waals surface area contributed by atoms with E-state index in [0.717, 1.165) is 43.0 Å². The molecule has 2 N–H and O–H groups in total. The Hall–Kier alpha value is -1.26.